The van der Waals surface area contributed by atoms with E-state index < -0.39 is 5.54 Å². The van der Waals surface area contributed by atoms with E-state index in [1.54, 1.807) is 0 Å². The molecule has 1 aliphatic carbocycles. The fourth-order valence-electron chi connectivity index (χ4n) is 1.54. The average molecular weight is 204 g/mol. The van der Waals surface area contributed by atoms with Gasteiger partial charge < -0.3 is 11.1 Å². The molecule has 3 N–H and O–H groups in total. The van der Waals surface area contributed by atoms with Gasteiger partial charge in [0.2, 0.25) is 5.91 Å². The summed E-state index contributed by atoms with van der Waals surface area (Å²) in [6.07, 6.45) is 1.62. The van der Waals surface area contributed by atoms with Crippen LogP contribution in [0.25, 0.3) is 0 Å². The molecule has 1 fully saturated rings. The molecule has 0 heterocycles. The van der Waals surface area contributed by atoms with Crippen molar-refractivity contribution in [1.82, 2.24) is 5.32 Å². The van der Waals surface area contributed by atoms with E-state index in [1.165, 1.54) is 5.56 Å². The first-order chi connectivity index (χ1) is 7.10. The maximum atomic E-state index is 11.5. The first-order valence-electron chi connectivity index (χ1n) is 5.23. The first kappa shape index (κ1) is 10.2. The van der Waals surface area contributed by atoms with Gasteiger partial charge in [0.15, 0.2) is 0 Å². The normalized spacial score (nSPS) is 17.2. The van der Waals surface area contributed by atoms with E-state index in [1.807, 2.05) is 25.1 Å². The molecule has 80 valence electrons. The number of hydrogen-bond donors (Lipinski definition) is 2. The van der Waals surface area contributed by atoms with Crippen LogP contribution in [0, 0.1) is 6.92 Å². The molecule has 0 bridgehead atoms. The van der Waals surface area contributed by atoms with Gasteiger partial charge in [-0.25, -0.2) is 0 Å². The predicted octanol–water partition coefficient (Wildman–Crippen LogP) is 1.10. The van der Waals surface area contributed by atoms with Crippen LogP contribution in [0.3, 0.4) is 0 Å². The molecule has 0 aromatic heterocycles. The van der Waals surface area contributed by atoms with Gasteiger partial charge in [-0.15, -0.1) is 0 Å². The third-order valence-corrected chi connectivity index (χ3v) is 2.78. The number of nitrogens with two attached hydrogens (primary N) is 1. The van der Waals surface area contributed by atoms with Crippen LogP contribution in [0.2, 0.25) is 0 Å². The minimum Gasteiger partial charge on any atom is -0.350 e. The van der Waals surface area contributed by atoms with Gasteiger partial charge in [-0.05, 0) is 25.3 Å². The second-order valence-corrected chi connectivity index (χ2v) is 4.33. The van der Waals surface area contributed by atoms with Crippen LogP contribution in [-0.4, -0.2) is 11.4 Å². The van der Waals surface area contributed by atoms with Crippen LogP contribution in [0.4, 0.5) is 0 Å². The van der Waals surface area contributed by atoms with Gasteiger partial charge in [-0.1, -0.05) is 29.8 Å². The number of carbonyl (C=O) groups is 1. The molecule has 2 rings (SSSR count). The Hall–Kier alpha value is -1.35. The quantitative estimate of drug-likeness (QED) is 0.774. The van der Waals surface area contributed by atoms with Crippen LogP contribution < -0.4 is 11.1 Å². The molecule has 1 aromatic rings. The molecule has 15 heavy (non-hydrogen) atoms. The zero-order chi connectivity index (χ0) is 10.9. The number of aryl methyl sites for hydroxylation is 1. The fraction of sp³-hybridized carbons (Fsp3) is 0.417. The van der Waals surface area contributed by atoms with E-state index in [0.717, 1.165) is 18.4 Å². The number of rotatable bonds is 3. The summed E-state index contributed by atoms with van der Waals surface area (Å²) in [4.78, 5) is 11.5. The van der Waals surface area contributed by atoms with Gasteiger partial charge in [0.05, 0.1) is 5.54 Å². The summed E-state index contributed by atoms with van der Waals surface area (Å²) in [6, 6.07) is 8.10. The molecule has 1 saturated carbocycles. The van der Waals surface area contributed by atoms with Crippen LogP contribution in [0.15, 0.2) is 24.3 Å². The number of amides is 1. The summed E-state index contributed by atoms with van der Waals surface area (Å²) in [7, 11) is 0. The van der Waals surface area contributed by atoms with Crippen molar-refractivity contribution in [3.8, 4) is 0 Å². The van der Waals surface area contributed by atoms with Crippen molar-refractivity contribution in [3.63, 3.8) is 0 Å². The second kappa shape index (κ2) is 3.66. The van der Waals surface area contributed by atoms with Crippen molar-refractivity contribution >= 4 is 5.91 Å². The van der Waals surface area contributed by atoms with Gasteiger partial charge >= 0.3 is 0 Å². The van der Waals surface area contributed by atoms with Gasteiger partial charge in [0.25, 0.3) is 0 Å². The van der Waals surface area contributed by atoms with Crippen LogP contribution >= 0.6 is 0 Å². The first-order valence-corrected chi connectivity index (χ1v) is 5.23. The highest BCUT2D eigenvalue weighted by atomic mass is 16.2. The number of nitrogens with one attached hydrogen (secondary N) is 1. The maximum Gasteiger partial charge on any atom is 0.240 e. The van der Waals surface area contributed by atoms with Crippen molar-refractivity contribution in [2.45, 2.75) is 31.8 Å². The largest absolute Gasteiger partial charge is 0.350 e. The molecule has 3 heteroatoms. The molecule has 0 atom stereocenters. The minimum atomic E-state index is -0.566. The Morgan fingerprint density at radius 3 is 2.87 bits per heavy atom. The monoisotopic (exact) mass is 204 g/mol. The zero-order valence-electron chi connectivity index (χ0n) is 8.92. The van der Waals surface area contributed by atoms with Gasteiger partial charge in [0, 0.05) is 6.54 Å². The molecular weight excluding hydrogens is 188 g/mol. The molecule has 0 saturated heterocycles. The van der Waals surface area contributed by atoms with Crippen LogP contribution in [0.1, 0.15) is 24.0 Å². The van der Waals surface area contributed by atoms with Gasteiger partial charge in [-0.3, -0.25) is 4.79 Å². The Morgan fingerprint density at radius 2 is 2.27 bits per heavy atom. The Labute approximate surface area is 89.7 Å². The third kappa shape index (κ3) is 2.36. The second-order valence-electron chi connectivity index (χ2n) is 4.33. The van der Waals surface area contributed by atoms with E-state index in [-0.39, 0.29) is 5.91 Å². The molecular formula is C12H16N2O. The van der Waals surface area contributed by atoms with Crippen molar-refractivity contribution < 1.29 is 4.79 Å². The third-order valence-electron chi connectivity index (χ3n) is 2.78. The van der Waals surface area contributed by atoms with Crippen molar-refractivity contribution in [2.75, 3.05) is 0 Å². The zero-order valence-corrected chi connectivity index (χ0v) is 8.92. The summed E-state index contributed by atoms with van der Waals surface area (Å²) >= 11 is 0. The fourth-order valence-corrected chi connectivity index (χ4v) is 1.54. The average Bonchev–Trinajstić information content (AvgIpc) is 2.94. The standard InChI is InChI=1S/C12H16N2O/c1-9-3-2-4-10(7-9)8-14-11(15)12(13)5-6-12/h2-4,7H,5-6,8,13H2,1H3,(H,14,15). The molecule has 0 aliphatic heterocycles. The van der Waals surface area contributed by atoms with Crippen molar-refractivity contribution in [3.05, 3.63) is 35.4 Å². The van der Waals surface area contributed by atoms with Gasteiger partial charge in [-0.2, -0.15) is 0 Å². The molecule has 1 amide bonds. The molecule has 1 aliphatic rings. The highest BCUT2D eigenvalue weighted by Gasteiger charge is 2.45. The summed E-state index contributed by atoms with van der Waals surface area (Å²) in [5.41, 5.74) is 7.53. The minimum absolute atomic E-state index is 0.0241. The Kier molecular flexibility index (Phi) is 2.49. The summed E-state index contributed by atoms with van der Waals surface area (Å²) in [6.45, 7) is 2.61. The lowest BCUT2D eigenvalue weighted by Crippen LogP contribution is -2.42. The lowest BCUT2D eigenvalue weighted by atomic mass is 10.1. The highest BCUT2D eigenvalue weighted by molar-refractivity contribution is 5.88. The molecule has 0 unspecified atom stereocenters. The van der Waals surface area contributed by atoms with E-state index in [0.29, 0.717) is 6.54 Å². The Balaban J connectivity index is 1.90. The molecule has 3 nitrogen and oxygen atoms in total. The Morgan fingerprint density at radius 1 is 1.53 bits per heavy atom. The summed E-state index contributed by atoms with van der Waals surface area (Å²) in [5, 5.41) is 2.86. The lowest BCUT2D eigenvalue weighted by molar-refractivity contribution is -0.123. The van der Waals surface area contributed by atoms with Crippen LogP contribution in [0.5, 0.6) is 0 Å². The molecule has 0 spiro atoms. The topological polar surface area (TPSA) is 55.1 Å². The number of carbonyl (C=O) groups excluding carboxylic acids is 1. The van der Waals surface area contributed by atoms with E-state index >= 15 is 0 Å². The lowest BCUT2D eigenvalue weighted by Gasteiger charge is -2.10. The Bertz CT molecular complexity index is 383. The van der Waals surface area contributed by atoms with E-state index in [4.69, 9.17) is 5.73 Å². The number of benzene rings is 1. The van der Waals surface area contributed by atoms with E-state index in [9.17, 15) is 4.79 Å². The predicted molar refractivity (Wildman–Crippen MR) is 59.2 cm³/mol. The summed E-state index contributed by atoms with van der Waals surface area (Å²) < 4.78 is 0. The number of hydrogen-bond acceptors (Lipinski definition) is 2. The molecule has 0 radical (unpaired) electrons. The smallest absolute Gasteiger partial charge is 0.240 e. The van der Waals surface area contributed by atoms with E-state index in [2.05, 4.69) is 11.4 Å². The SMILES string of the molecule is Cc1cccc(CNC(=O)C2(N)CC2)c1. The maximum absolute atomic E-state index is 11.5. The van der Waals surface area contributed by atoms with Crippen molar-refractivity contribution in [1.29, 1.82) is 0 Å². The molecule has 1 aromatic carbocycles. The highest BCUT2D eigenvalue weighted by Crippen LogP contribution is 2.32. The summed E-state index contributed by atoms with van der Waals surface area (Å²) in [5.74, 6) is -0.0241. The van der Waals surface area contributed by atoms with Crippen molar-refractivity contribution in [2.24, 2.45) is 5.73 Å². The van der Waals surface area contributed by atoms with Crippen LogP contribution in [-0.2, 0) is 11.3 Å². The van der Waals surface area contributed by atoms with Gasteiger partial charge in [0.1, 0.15) is 0 Å².